The molecule has 1 fully saturated rings. The molecule has 0 aromatic heterocycles. The lowest BCUT2D eigenvalue weighted by atomic mass is 9.79. The smallest absolute Gasteiger partial charge is 0.167 e. The van der Waals surface area contributed by atoms with Gasteiger partial charge in [0.2, 0.25) is 0 Å². The van der Waals surface area contributed by atoms with Gasteiger partial charge in [0.25, 0.3) is 0 Å². The standard InChI is InChI=1S/C16H23NO/c1-2-4-15(11-17)16(18)14-9-7-13(8-10-14)12-5-3-6-12/h7-10,12,15H,2-6,11,17H2,1H3. The highest BCUT2D eigenvalue weighted by atomic mass is 16.1. The van der Waals surface area contributed by atoms with Crippen LogP contribution in [-0.2, 0) is 0 Å². The zero-order chi connectivity index (χ0) is 13.0. The Morgan fingerprint density at radius 3 is 2.44 bits per heavy atom. The predicted molar refractivity (Wildman–Crippen MR) is 74.8 cm³/mol. The summed E-state index contributed by atoms with van der Waals surface area (Å²) in [7, 11) is 0. The molecule has 0 heterocycles. The molecular formula is C16H23NO. The van der Waals surface area contributed by atoms with Crippen molar-refractivity contribution in [1.29, 1.82) is 0 Å². The minimum Gasteiger partial charge on any atom is -0.330 e. The Balaban J connectivity index is 2.05. The Kier molecular flexibility index (Phi) is 4.54. The molecule has 1 aliphatic carbocycles. The lowest BCUT2D eigenvalue weighted by molar-refractivity contribution is 0.0917. The normalized spacial score (nSPS) is 17.2. The van der Waals surface area contributed by atoms with E-state index in [0.717, 1.165) is 24.3 Å². The molecule has 0 amide bonds. The molecule has 1 aliphatic rings. The first-order valence-corrected chi connectivity index (χ1v) is 7.10. The van der Waals surface area contributed by atoms with E-state index >= 15 is 0 Å². The fourth-order valence-corrected chi connectivity index (χ4v) is 2.60. The monoisotopic (exact) mass is 245 g/mol. The summed E-state index contributed by atoms with van der Waals surface area (Å²) in [6.45, 7) is 2.55. The summed E-state index contributed by atoms with van der Waals surface area (Å²) in [5, 5.41) is 0. The lowest BCUT2D eigenvalue weighted by Crippen LogP contribution is -2.23. The topological polar surface area (TPSA) is 43.1 Å². The maximum atomic E-state index is 12.3. The van der Waals surface area contributed by atoms with E-state index in [1.54, 1.807) is 0 Å². The van der Waals surface area contributed by atoms with Crippen molar-refractivity contribution in [2.45, 2.75) is 44.9 Å². The third-order valence-electron chi connectivity index (χ3n) is 4.06. The Hall–Kier alpha value is -1.15. The van der Waals surface area contributed by atoms with Crippen LogP contribution in [0.1, 0.15) is 60.9 Å². The van der Waals surface area contributed by atoms with Gasteiger partial charge in [-0.1, -0.05) is 44.0 Å². The number of carbonyl (C=O) groups is 1. The van der Waals surface area contributed by atoms with Crippen LogP contribution in [0.2, 0.25) is 0 Å². The summed E-state index contributed by atoms with van der Waals surface area (Å²) in [4.78, 5) is 12.3. The first-order chi connectivity index (χ1) is 8.76. The van der Waals surface area contributed by atoms with E-state index in [9.17, 15) is 4.79 Å². The molecule has 1 aromatic rings. The number of rotatable bonds is 6. The number of carbonyl (C=O) groups excluding carboxylic acids is 1. The van der Waals surface area contributed by atoms with E-state index in [-0.39, 0.29) is 11.7 Å². The maximum Gasteiger partial charge on any atom is 0.167 e. The van der Waals surface area contributed by atoms with Gasteiger partial charge in [0.05, 0.1) is 0 Å². The summed E-state index contributed by atoms with van der Waals surface area (Å²) in [5.74, 6) is 0.930. The molecule has 0 saturated heterocycles. The molecule has 18 heavy (non-hydrogen) atoms. The fraction of sp³-hybridized carbons (Fsp3) is 0.562. The van der Waals surface area contributed by atoms with Gasteiger partial charge < -0.3 is 5.73 Å². The van der Waals surface area contributed by atoms with Gasteiger partial charge in [-0.15, -0.1) is 0 Å². The van der Waals surface area contributed by atoms with Crippen LogP contribution in [0.25, 0.3) is 0 Å². The van der Waals surface area contributed by atoms with E-state index in [1.165, 1.54) is 24.8 Å². The Labute approximate surface area is 110 Å². The molecule has 2 rings (SSSR count). The maximum absolute atomic E-state index is 12.3. The van der Waals surface area contributed by atoms with Crippen molar-refractivity contribution in [3.05, 3.63) is 35.4 Å². The van der Waals surface area contributed by atoms with Crippen molar-refractivity contribution in [3.8, 4) is 0 Å². The van der Waals surface area contributed by atoms with Crippen LogP contribution >= 0.6 is 0 Å². The summed E-state index contributed by atoms with van der Waals surface area (Å²) in [6, 6.07) is 8.20. The largest absolute Gasteiger partial charge is 0.330 e. The van der Waals surface area contributed by atoms with Gasteiger partial charge in [-0.05, 0) is 30.7 Å². The first-order valence-electron chi connectivity index (χ1n) is 7.10. The number of nitrogens with two attached hydrogens (primary N) is 1. The van der Waals surface area contributed by atoms with Crippen molar-refractivity contribution in [3.63, 3.8) is 0 Å². The Morgan fingerprint density at radius 1 is 1.33 bits per heavy atom. The van der Waals surface area contributed by atoms with Crippen molar-refractivity contribution in [2.24, 2.45) is 11.7 Å². The second kappa shape index (κ2) is 6.14. The molecule has 98 valence electrons. The minimum atomic E-state index is -0.00967. The third-order valence-corrected chi connectivity index (χ3v) is 4.06. The molecule has 1 atom stereocenters. The van der Waals surface area contributed by atoms with Gasteiger partial charge in [-0.3, -0.25) is 4.79 Å². The molecular weight excluding hydrogens is 222 g/mol. The quantitative estimate of drug-likeness (QED) is 0.779. The van der Waals surface area contributed by atoms with Crippen molar-refractivity contribution >= 4 is 5.78 Å². The minimum absolute atomic E-state index is 0.00967. The SMILES string of the molecule is CCCC(CN)C(=O)c1ccc(C2CCC2)cc1. The van der Waals surface area contributed by atoms with Crippen LogP contribution in [0.15, 0.2) is 24.3 Å². The second-order valence-corrected chi connectivity index (χ2v) is 5.34. The van der Waals surface area contributed by atoms with Gasteiger partial charge in [0, 0.05) is 18.0 Å². The molecule has 2 heteroatoms. The number of Topliss-reactive ketones (excluding diaryl/α,β-unsaturated/α-hetero) is 1. The molecule has 1 unspecified atom stereocenters. The molecule has 2 nitrogen and oxygen atoms in total. The molecule has 2 N–H and O–H groups in total. The third kappa shape index (κ3) is 2.81. The average molecular weight is 245 g/mol. The highest BCUT2D eigenvalue weighted by molar-refractivity contribution is 5.98. The molecule has 0 aliphatic heterocycles. The zero-order valence-electron chi connectivity index (χ0n) is 11.2. The number of ketones is 1. The van der Waals surface area contributed by atoms with Crippen LogP contribution in [-0.4, -0.2) is 12.3 Å². The Morgan fingerprint density at radius 2 is 2.00 bits per heavy atom. The zero-order valence-corrected chi connectivity index (χ0v) is 11.2. The second-order valence-electron chi connectivity index (χ2n) is 5.34. The predicted octanol–water partition coefficient (Wildman–Crippen LogP) is 3.51. The van der Waals surface area contributed by atoms with E-state index in [1.807, 2.05) is 12.1 Å². The first kappa shape index (κ1) is 13.3. The lowest BCUT2D eigenvalue weighted by Gasteiger charge is -2.25. The molecule has 1 aromatic carbocycles. The van der Waals surface area contributed by atoms with Gasteiger partial charge in [0.1, 0.15) is 0 Å². The summed E-state index contributed by atoms with van der Waals surface area (Å²) in [5.41, 5.74) is 7.89. The van der Waals surface area contributed by atoms with E-state index in [0.29, 0.717) is 6.54 Å². The van der Waals surface area contributed by atoms with Crippen molar-refractivity contribution in [2.75, 3.05) is 6.54 Å². The highest BCUT2D eigenvalue weighted by Crippen LogP contribution is 2.36. The number of hydrogen-bond acceptors (Lipinski definition) is 2. The number of benzene rings is 1. The highest BCUT2D eigenvalue weighted by Gasteiger charge is 2.21. The van der Waals surface area contributed by atoms with Crippen LogP contribution in [0.4, 0.5) is 0 Å². The Bertz CT molecular complexity index is 392. The van der Waals surface area contributed by atoms with Crippen molar-refractivity contribution in [1.82, 2.24) is 0 Å². The molecule has 0 spiro atoms. The average Bonchev–Trinajstić information content (AvgIpc) is 2.34. The summed E-state index contributed by atoms with van der Waals surface area (Å²) in [6.07, 6.45) is 5.84. The van der Waals surface area contributed by atoms with Crippen LogP contribution < -0.4 is 5.73 Å². The van der Waals surface area contributed by atoms with Gasteiger partial charge in [0.15, 0.2) is 5.78 Å². The summed E-state index contributed by atoms with van der Waals surface area (Å²) < 4.78 is 0. The number of hydrogen-bond donors (Lipinski definition) is 1. The van der Waals surface area contributed by atoms with Gasteiger partial charge in [-0.25, -0.2) is 0 Å². The van der Waals surface area contributed by atoms with Crippen LogP contribution in [0, 0.1) is 5.92 Å². The van der Waals surface area contributed by atoms with E-state index in [4.69, 9.17) is 5.73 Å². The molecule has 0 radical (unpaired) electrons. The van der Waals surface area contributed by atoms with Crippen LogP contribution in [0.5, 0.6) is 0 Å². The molecule has 1 saturated carbocycles. The van der Waals surface area contributed by atoms with Gasteiger partial charge in [-0.2, -0.15) is 0 Å². The summed E-state index contributed by atoms with van der Waals surface area (Å²) >= 11 is 0. The van der Waals surface area contributed by atoms with E-state index in [2.05, 4.69) is 19.1 Å². The van der Waals surface area contributed by atoms with Crippen molar-refractivity contribution < 1.29 is 4.79 Å². The molecule has 0 bridgehead atoms. The van der Waals surface area contributed by atoms with Gasteiger partial charge >= 0.3 is 0 Å². The fourth-order valence-electron chi connectivity index (χ4n) is 2.60. The van der Waals surface area contributed by atoms with Crippen LogP contribution in [0.3, 0.4) is 0 Å². The van der Waals surface area contributed by atoms with E-state index < -0.39 is 0 Å².